The molecule has 0 spiro atoms. The number of para-hydroxylation sites is 1. The van der Waals surface area contributed by atoms with Gasteiger partial charge in [-0.15, -0.1) is 11.3 Å². The minimum absolute atomic E-state index is 0.283. The molecular weight excluding hydrogens is 388 g/mol. The summed E-state index contributed by atoms with van der Waals surface area (Å²) in [5, 5.41) is 0. The molecule has 1 aliphatic heterocycles. The molecule has 0 atom stereocenters. The van der Waals surface area contributed by atoms with Crippen molar-refractivity contribution in [2.75, 3.05) is 18.1 Å². The topological polar surface area (TPSA) is 90.5 Å². The molecule has 2 aromatic carbocycles. The van der Waals surface area contributed by atoms with E-state index in [2.05, 4.69) is 9.88 Å². The second-order valence-electron chi connectivity index (χ2n) is 6.58. The fourth-order valence-corrected chi connectivity index (χ4v) is 4.36. The Morgan fingerprint density at radius 3 is 2.72 bits per heavy atom. The summed E-state index contributed by atoms with van der Waals surface area (Å²) in [4.78, 5) is 31.5. The first-order valence-electron chi connectivity index (χ1n) is 9.03. The van der Waals surface area contributed by atoms with Crippen molar-refractivity contribution in [3.05, 3.63) is 76.0 Å². The molecular formula is C21H16N4O3S. The number of nitrogens with two attached hydrogens (primary N) is 1. The monoisotopic (exact) mass is 404 g/mol. The number of hydrogen-bond donors (Lipinski definition) is 1. The summed E-state index contributed by atoms with van der Waals surface area (Å²) < 4.78 is 7.36. The van der Waals surface area contributed by atoms with Gasteiger partial charge in [0.05, 0.1) is 34.5 Å². The van der Waals surface area contributed by atoms with Crippen LogP contribution in [0.2, 0.25) is 0 Å². The molecule has 144 valence electrons. The maximum absolute atomic E-state index is 12.7. The Morgan fingerprint density at radius 2 is 1.93 bits per heavy atom. The van der Waals surface area contributed by atoms with Crippen molar-refractivity contribution >= 4 is 39.0 Å². The summed E-state index contributed by atoms with van der Waals surface area (Å²) in [6.45, 7) is 1.28. The fraction of sp³-hybridized carbons (Fsp3) is 0.0952. The Kier molecular flexibility index (Phi) is 4.06. The van der Waals surface area contributed by atoms with E-state index in [0.29, 0.717) is 34.1 Å². The quantitative estimate of drug-likeness (QED) is 0.567. The molecule has 29 heavy (non-hydrogen) atoms. The van der Waals surface area contributed by atoms with Gasteiger partial charge in [0, 0.05) is 5.69 Å². The van der Waals surface area contributed by atoms with Crippen molar-refractivity contribution in [3.8, 4) is 11.4 Å². The second kappa shape index (κ2) is 6.75. The normalized spacial score (nSPS) is 13.2. The van der Waals surface area contributed by atoms with Gasteiger partial charge in [0.2, 0.25) is 0 Å². The van der Waals surface area contributed by atoms with Gasteiger partial charge >= 0.3 is 0 Å². The predicted molar refractivity (Wildman–Crippen MR) is 113 cm³/mol. The Labute approximate surface area is 169 Å². The van der Waals surface area contributed by atoms with E-state index in [-0.39, 0.29) is 5.56 Å². The number of fused-ring (bicyclic) bond motifs is 2. The standard InChI is InChI=1S/C21H16N4O3S/c22-20(27)18-11-16-21(29-18)23-12-19(26)25(16)14-6-7-17-15(10-14)24(8-9-28-17)13-4-2-1-3-5-13/h1-7,10-12H,8-9H2,(H2,22,27). The minimum atomic E-state index is -0.541. The summed E-state index contributed by atoms with van der Waals surface area (Å²) in [5.41, 5.74) is 8.28. The van der Waals surface area contributed by atoms with Gasteiger partial charge in [0.15, 0.2) is 0 Å². The van der Waals surface area contributed by atoms with Gasteiger partial charge in [-0.05, 0) is 36.4 Å². The van der Waals surface area contributed by atoms with E-state index in [4.69, 9.17) is 10.5 Å². The molecule has 0 aliphatic carbocycles. The van der Waals surface area contributed by atoms with Crippen molar-refractivity contribution in [2.24, 2.45) is 5.73 Å². The van der Waals surface area contributed by atoms with Gasteiger partial charge in [0.25, 0.3) is 11.5 Å². The number of carbonyl (C=O) groups excluding carboxylic acids is 1. The fourth-order valence-electron chi connectivity index (χ4n) is 3.52. The number of hydrogen-bond acceptors (Lipinski definition) is 6. The smallest absolute Gasteiger partial charge is 0.274 e. The first kappa shape index (κ1) is 17.4. The molecule has 0 saturated carbocycles. The van der Waals surface area contributed by atoms with Crippen LogP contribution in [0.1, 0.15) is 9.67 Å². The van der Waals surface area contributed by atoms with Crippen molar-refractivity contribution < 1.29 is 9.53 Å². The summed E-state index contributed by atoms with van der Waals surface area (Å²) >= 11 is 1.17. The van der Waals surface area contributed by atoms with E-state index < -0.39 is 5.91 Å². The summed E-state index contributed by atoms with van der Waals surface area (Å²) in [7, 11) is 0. The van der Waals surface area contributed by atoms with Crippen LogP contribution in [0.25, 0.3) is 16.0 Å². The number of aromatic nitrogens is 2. The number of rotatable bonds is 3. The van der Waals surface area contributed by atoms with Crippen LogP contribution in [0.5, 0.6) is 5.75 Å². The number of amides is 1. The number of ether oxygens (including phenoxy) is 1. The lowest BCUT2D eigenvalue weighted by Crippen LogP contribution is -2.29. The van der Waals surface area contributed by atoms with Gasteiger partial charge < -0.3 is 15.4 Å². The lowest BCUT2D eigenvalue weighted by molar-refractivity contribution is 0.100. The van der Waals surface area contributed by atoms with Gasteiger partial charge in [-0.25, -0.2) is 4.98 Å². The maximum atomic E-state index is 12.7. The minimum Gasteiger partial charge on any atom is -0.490 e. The predicted octanol–water partition coefficient (Wildman–Crippen LogP) is 3.08. The molecule has 0 unspecified atom stereocenters. The average Bonchev–Trinajstić information content (AvgIpc) is 3.18. The number of primary amides is 1. The average molecular weight is 404 g/mol. The highest BCUT2D eigenvalue weighted by atomic mass is 32.1. The number of thiophene rings is 1. The van der Waals surface area contributed by atoms with Crippen molar-refractivity contribution in [1.82, 2.24) is 9.55 Å². The largest absolute Gasteiger partial charge is 0.490 e. The van der Waals surface area contributed by atoms with Crippen LogP contribution in [0.3, 0.4) is 0 Å². The molecule has 1 aliphatic rings. The molecule has 0 fully saturated rings. The van der Waals surface area contributed by atoms with Crippen molar-refractivity contribution in [1.29, 1.82) is 0 Å². The van der Waals surface area contributed by atoms with E-state index in [1.54, 1.807) is 10.6 Å². The lowest BCUT2D eigenvalue weighted by atomic mass is 10.1. The number of carbonyl (C=O) groups is 1. The Bertz CT molecular complexity index is 1300. The summed E-state index contributed by atoms with van der Waals surface area (Å²) in [6, 6.07) is 17.2. The number of nitrogens with zero attached hydrogens (tertiary/aromatic N) is 3. The molecule has 2 aromatic heterocycles. The third-order valence-corrected chi connectivity index (χ3v) is 5.87. The van der Waals surface area contributed by atoms with Gasteiger partial charge in [-0.1, -0.05) is 18.2 Å². The van der Waals surface area contributed by atoms with Crippen LogP contribution >= 0.6 is 11.3 Å². The Balaban J connectivity index is 1.70. The first-order chi connectivity index (χ1) is 14.1. The second-order valence-corrected chi connectivity index (χ2v) is 7.62. The molecule has 4 aromatic rings. The molecule has 0 saturated heterocycles. The highest BCUT2D eigenvalue weighted by Crippen LogP contribution is 2.38. The van der Waals surface area contributed by atoms with Crippen LogP contribution in [0, 0.1) is 0 Å². The number of anilines is 2. The van der Waals surface area contributed by atoms with Crippen LogP contribution in [-0.4, -0.2) is 28.6 Å². The molecule has 8 heteroatoms. The highest BCUT2D eigenvalue weighted by molar-refractivity contribution is 7.20. The third-order valence-electron chi connectivity index (χ3n) is 4.82. The molecule has 0 radical (unpaired) electrons. The Morgan fingerprint density at radius 1 is 1.10 bits per heavy atom. The molecule has 5 rings (SSSR count). The molecule has 7 nitrogen and oxygen atoms in total. The van der Waals surface area contributed by atoms with E-state index in [9.17, 15) is 9.59 Å². The van der Waals surface area contributed by atoms with E-state index in [1.165, 1.54) is 17.5 Å². The van der Waals surface area contributed by atoms with Gasteiger partial charge in [-0.3, -0.25) is 14.2 Å². The van der Waals surface area contributed by atoms with E-state index >= 15 is 0 Å². The SMILES string of the molecule is NC(=O)c1cc2c(ncc(=O)n2-c2ccc3c(c2)N(c2ccccc2)CCO3)s1. The zero-order chi connectivity index (χ0) is 20.0. The number of benzene rings is 2. The first-order valence-corrected chi connectivity index (χ1v) is 9.85. The van der Waals surface area contributed by atoms with Gasteiger partial charge in [-0.2, -0.15) is 0 Å². The highest BCUT2D eigenvalue weighted by Gasteiger charge is 2.21. The van der Waals surface area contributed by atoms with Crippen LogP contribution in [-0.2, 0) is 0 Å². The van der Waals surface area contributed by atoms with Crippen molar-refractivity contribution in [2.45, 2.75) is 0 Å². The third kappa shape index (κ3) is 2.94. The summed E-state index contributed by atoms with van der Waals surface area (Å²) in [6.07, 6.45) is 1.26. The lowest BCUT2D eigenvalue weighted by Gasteiger charge is -2.31. The maximum Gasteiger partial charge on any atom is 0.274 e. The molecule has 3 heterocycles. The van der Waals surface area contributed by atoms with Gasteiger partial charge in [0.1, 0.15) is 17.2 Å². The molecule has 1 amide bonds. The van der Waals surface area contributed by atoms with E-state index in [1.807, 2.05) is 48.5 Å². The molecule has 0 bridgehead atoms. The Hall–Kier alpha value is -3.65. The van der Waals surface area contributed by atoms with Crippen molar-refractivity contribution in [3.63, 3.8) is 0 Å². The zero-order valence-electron chi connectivity index (χ0n) is 15.2. The summed E-state index contributed by atoms with van der Waals surface area (Å²) in [5.74, 6) is 0.214. The molecule has 2 N–H and O–H groups in total. The van der Waals surface area contributed by atoms with Crippen LogP contribution < -0.4 is 20.9 Å². The van der Waals surface area contributed by atoms with Crippen LogP contribution in [0.4, 0.5) is 11.4 Å². The zero-order valence-corrected chi connectivity index (χ0v) is 16.1. The van der Waals surface area contributed by atoms with E-state index in [0.717, 1.165) is 17.1 Å². The van der Waals surface area contributed by atoms with Crippen LogP contribution in [0.15, 0.2) is 65.6 Å².